The molecule has 0 saturated heterocycles. The zero-order valence-electron chi connectivity index (χ0n) is 11.5. The highest BCUT2D eigenvalue weighted by Crippen LogP contribution is 2.14. The van der Waals surface area contributed by atoms with Gasteiger partial charge in [-0.3, -0.25) is 4.79 Å². The first-order valence-corrected chi connectivity index (χ1v) is 6.78. The van der Waals surface area contributed by atoms with Crippen molar-refractivity contribution in [1.29, 1.82) is 0 Å². The van der Waals surface area contributed by atoms with E-state index in [0.717, 1.165) is 5.69 Å². The Morgan fingerprint density at radius 1 is 0.955 bits per heavy atom. The summed E-state index contributed by atoms with van der Waals surface area (Å²) in [5, 5.41) is 9.14. The number of aromatic amines is 1. The minimum absolute atomic E-state index is 0.185. The van der Waals surface area contributed by atoms with Crippen LogP contribution in [0.4, 0.5) is 0 Å². The predicted octanol–water partition coefficient (Wildman–Crippen LogP) is 2.17. The molecule has 1 N–H and O–H groups in total. The van der Waals surface area contributed by atoms with Gasteiger partial charge in [-0.25, -0.2) is 4.98 Å². The number of hydrogen-bond acceptors (Lipinski definition) is 4. The smallest absolute Gasteiger partial charge is 0.259 e. The SMILES string of the molecule is O=c1[nH]c(-c2cnn(-c3ccccc3)n2)nc2ccccc12. The predicted molar refractivity (Wildman–Crippen MR) is 82.7 cm³/mol. The molecule has 2 heterocycles. The van der Waals surface area contributed by atoms with E-state index in [4.69, 9.17) is 0 Å². The van der Waals surface area contributed by atoms with Gasteiger partial charge in [0.15, 0.2) is 5.82 Å². The highest BCUT2D eigenvalue weighted by atomic mass is 16.1. The third-order valence-corrected chi connectivity index (χ3v) is 3.33. The molecule has 0 saturated carbocycles. The summed E-state index contributed by atoms with van der Waals surface area (Å²) in [6.45, 7) is 0. The van der Waals surface area contributed by atoms with Crippen LogP contribution in [0.5, 0.6) is 0 Å². The standard InChI is InChI=1S/C16H11N5O/c22-16-12-8-4-5-9-13(12)18-15(19-16)14-10-17-21(20-14)11-6-2-1-3-7-11/h1-10H,(H,18,19,22). The van der Waals surface area contributed by atoms with Crippen LogP contribution in [0.15, 0.2) is 65.6 Å². The lowest BCUT2D eigenvalue weighted by Gasteiger charge is -2.00. The van der Waals surface area contributed by atoms with Gasteiger partial charge in [0.25, 0.3) is 5.56 Å². The highest BCUT2D eigenvalue weighted by Gasteiger charge is 2.09. The summed E-state index contributed by atoms with van der Waals surface area (Å²) in [6.07, 6.45) is 1.58. The van der Waals surface area contributed by atoms with Crippen molar-refractivity contribution in [2.24, 2.45) is 0 Å². The topological polar surface area (TPSA) is 76.5 Å². The average molecular weight is 289 g/mol. The first kappa shape index (κ1) is 12.5. The Morgan fingerprint density at radius 2 is 1.73 bits per heavy atom. The van der Waals surface area contributed by atoms with Crippen molar-refractivity contribution in [2.75, 3.05) is 0 Å². The zero-order chi connectivity index (χ0) is 14.9. The van der Waals surface area contributed by atoms with E-state index in [1.165, 1.54) is 4.80 Å². The summed E-state index contributed by atoms with van der Waals surface area (Å²) >= 11 is 0. The van der Waals surface area contributed by atoms with Crippen molar-refractivity contribution in [3.63, 3.8) is 0 Å². The van der Waals surface area contributed by atoms with E-state index in [9.17, 15) is 4.79 Å². The molecule has 0 aliphatic carbocycles. The summed E-state index contributed by atoms with van der Waals surface area (Å²) in [5.74, 6) is 0.408. The molecule has 22 heavy (non-hydrogen) atoms. The van der Waals surface area contributed by atoms with Crippen LogP contribution in [0.25, 0.3) is 28.1 Å². The second-order valence-electron chi connectivity index (χ2n) is 4.79. The molecule has 106 valence electrons. The van der Waals surface area contributed by atoms with Crippen molar-refractivity contribution in [3.8, 4) is 17.2 Å². The third kappa shape index (κ3) is 2.07. The molecule has 0 aliphatic heterocycles. The van der Waals surface area contributed by atoms with Gasteiger partial charge in [-0.1, -0.05) is 30.3 Å². The Kier molecular flexibility index (Phi) is 2.79. The number of H-pyrrole nitrogens is 1. The Hall–Kier alpha value is -3.28. The first-order chi connectivity index (χ1) is 10.8. The number of fused-ring (bicyclic) bond motifs is 1. The van der Waals surface area contributed by atoms with Crippen LogP contribution < -0.4 is 5.56 Å². The molecule has 0 atom stereocenters. The van der Waals surface area contributed by atoms with E-state index in [-0.39, 0.29) is 5.56 Å². The number of nitrogens with zero attached hydrogens (tertiary/aromatic N) is 4. The fraction of sp³-hybridized carbons (Fsp3) is 0. The van der Waals surface area contributed by atoms with Crippen LogP contribution in [-0.2, 0) is 0 Å². The molecule has 0 fully saturated rings. The number of benzene rings is 2. The maximum Gasteiger partial charge on any atom is 0.259 e. The summed E-state index contributed by atoms with van der Waals surface area (Å²) in [4.78, 5) is 20.8. The second-order valence-corrected chi connectivity index (χ2v) is 4.79. The molecule has 2 aromatic heterocycles. The number of aromatic nitrogens is 5. The fourth-order valence-electron chi connectivity index (χ4n) is 2.27. The molecule has 0 bridgehead atoms. The molecule has 4 rings (SSSR count). The van der Waals surface area contributed by atoms with Crippen LogP contribution in [0, 0.1) is 0 Å². The van der Waals surface area contributed by atoms with Gasteiger partial charge in [0, 0.05) is 0 Å². The first-order valence-electron chi connectivity index (χ1n) is 6.78. The Morgan fingerprint density at radius 3 is 2.59 bits per heavy atom. The fourth-order valence-corrected chi connectivity index (χ4v) is 2.27. The molecular weight excluding hydrogens is 278 g/mol. The van der Waals surface area contributed by atoms with E-state index in [1.54, 1.807) is 18.3 Å². The van der Waals surface area contributed by atoms with E-state index < -0.39 is 0 Å². The highest BCUT2D eigenvalue weighted by molar-refractivity contribution is 5.78. The number of hydrogen-bond donors (Lipinski definition) is 1. The Labute approximate surface area is 125 Å². The van der Waals surface area contributed by atoms with Crippen LogP contribution in [-0.4, -0.2) is 25.0 Å². The van der Waals surface area contributed by atoms with E-state index in [2.05, 4.69) is 20.2 Å². The number of para-hydroxylation sites is 2. The van der Waals surface area contributed by atoms with E-state index >= 15 is 0 Å². The average Bonchev–Trinajstić information content (AvgIpc) is 3.06. The minimum atomic E-state index is -0.185. The van der Waals surface area contributed by atoms with E-state index in [0.29, 0.717) is 22.4 Å². The summed E-state index contributed by atoms with van der Waals surface area (Å²) in [7, 11) is 0. The van der Waals surface area contributed by atoms with Crippen molar-refractivity contribution in [1.82, 2.24) is 25.0 Å². The second kappa shape index (κ2) is 4.92. The van der Waals surface area contributed by atoms with Gasteiger partial charge in [0.05, 0.1) is 22.8 Å². The normalized spacial score (nSPS) is 10.9. The van der Waals surface area contributed by atoms with Gasteiger partial charge in [-0.05, 0) is 24.3 Å². The third-order valence-electron chi connectivity index (χ3n) is 3.33. The number of nitrogens with one attached hydrogen (secondary N) is 1. The van der Waals surface area contributed by atoms with Gasteiger partial charge in [0.1, 0.15) is 5.69 Å². The van der Waals surface area contributed by atoms with Crippen LogP contribution in [0.2, 0.25) is 0 Å². The zero-order valence-corrected chi connectivity index (χ0v) is 11.5. The van der Waals surface area contributed by atoms with Gasteiger partial charge in [0.2, 0.25) is 0 Å². The molecule has 2 aromatic carbocycles. The lowest BCUT2D eigenvalue weighted by molar-refractivity contribution is 0.752. The molecular formula is C16H11N5O. The molecule has 4 aromatic rings. The summed E-state index contributed by atoms with van der Waals surface area (Å²) in [5.41, 5.74) is 1.81. The quantitative estimate of drug-likeness (QED) is 0.613. The Bertz CT molecular complexity index is 1000. The van der Waals surface area contributed by atoms with Crippen molar-refractivity contribution >= 4 is 10.9 Å². The molecule has 0 spiro atoms. The number of rotatable bonds is 2. The van der Waals surface area contributed by atoms with Crippen LogP contribution >= 0.6 is 0 Å². The molecule has 0 aliphatic rings. The van der Waals surface area contributed by atoms with Gasteiger partial charge in [-0.2, -0.15) is 9.90 Å². The molecule has 0 radical (unpaired) electrons. The minimum Gasteiger partial charge on any atom is -0.305 e. The largest absolute Gasteiger partial charge is 0.305 e. The van der Waals surface area contributed by atoms with Crippen molar-refractivity contribution < 1.29 is 0 Å². The lowest BCUT2D eigenvalue weighted by Crippen LogP contribution is -2.09. The van der Waals surface area contributed by atoms with Crippen molar-refractivity contribution in [3.05, 3.63) is 71.1 Å². The van der Waals surface area contributed by atoms with Gasteiger partial charge >= 0.3 is 0 Å². The molecule has 6 nitrogen and oxygen atoms in total. The summed E-state index contributed by atoms with van der Waals surface area (Å²) in [6, 6.07) is 16.8. The molecule has 6 heteroatoms. The van der Waals surface area contributed by atoms with E-state index in [1.807, 2.05) is 42.5 Å². The van der Waals surface area contributed by atoms with Gasteiger partial charge in [-0.15, -0.1) is 5.10 Å². The molecule has 0 unspecified atom stereocenters. The Balaban J connectivity index is 1.83. The monoisotopic (exact) mass is 289 g/mol. The van der Waals surface area contributed by atoms with Crippen molar-refractivity contribution in [2.45, 2.75) is 0 Å². The van der Waals surface area contributed by atoms with Crippen LogP contribution in [0.1, 0.15) is 0 Å². The van der Waals surface area contributed by atoms with Gasteiger partial charge < -0.3 is 4.98 Å². The maximum absolute atomic E-state index is 12.1. The van der Waals surface area contributed by atoms with Crippen LogP contribution in [0.3, 0.4) is 0 Å². The summed E-state index contributed by atoms with van der Waals surface area (Å²) < 4.78 is 0. The lowest BCUT2D eigenvalue weighted by atomic mass is 10.2. The molecule has 0 amide bonds. The maximum atomic E-state index is 12.1.